The maximum atomic E-state index is 12.1. The van der Waals surface area contributed by atoms with Crippen LogP contribution in [0.5, 0.6) is 11.5 Å². The van der Waals surface area contributed by atoms with E-state index < -0.39 is 5.97 Å². The van der Waals surface area contributed by atoms with Crippen molar-refractivity contribution in [3.63, 3.8) is 0 Å². The van der Waals surface area contributed by atoms with Crippen LogP contribution in [0.1, 0.15) is 34.3 Å². The molecule has 7 heteroatoms. The van der Waals surface area contributed by atoms with Crippen LogP contribution in [0.2, 0.25) is 0 Å². The third-order valence-electron chi connectivity index (χ3n) is 4.90. The zero-order chi connectivity index (χ0) is 22.1. The number of carbonyl (C=O) groups is 2. The van der Waals surface area contributed by atoms with Crippen molar-refractivity contribution in [3.8, 4) is 11.5 Å². The second-order valence-corrected chi connectivity index (χ2v) is 7.51. The lowest BCUT2D eigenvalue weighted by Gasteiger charge is -2.12. The van der Waals surface area contributed by atoms with E-state index in [1.54, 1.807) is 24.3 Å². The topological polar surface area (TPSA) is 83.1 Å². The quantitative estimate of drug-likeness (QED) is 0.463. The van der Waals surface area contributed by atoms with Gasteiger partial charge >= 0.3 is 5.97 Å². The molecule has 2 aromatic rings. The summed E-state index contributed by atoms with van der Waals surface area (Å²) >= 11 is 0. The number of benzene rings is 2. The molecular formula is C24H29NO6. The van der Waals surface area contributed by atoms with E-state index in [1.807, 2.05) is 32.0 Å². The number of nitrogens with one attached hydrogen (secondary N) is 1. The van der Waals surface area contributed by atoms with Crippen LogP contribution in [0.15, 0.2) is 42.5 Å². The fourth-order valence-corrected chi connectivity index (χ4v) is 3.23. The van der Waals surface area contributed by atoms with Gasteiger partial charge in [0.15, 0.2) is 6.61 Å². The number of hydrogen-bond donors (Lipinski definition) is 1. The lowest BCUT2D eigenvalue weighted by molar-refractivity contribution is -0.124. The van der Waals surface area contributed by atoms with Crippen molar-refractivity contribution in [2.45, 2.75) is 32.8 Å². The van der Waals surface area contributed by atoms with Crippen LogP contribution in [0.25, 0.3) is 0 Å². The molecule has 0 radical (unpaired) electrons. The van der Waals surface area contributed by atoms with Crippen molar-refractivity contribution in [3.05, 3.63) is 59.2 Å². The zero-order valence-corrected chi connectivity index (χ0v) is 18.0. The van der Waals surface area contributed by atoms with Crippen LogP contribution in [0, 0.1) is 13.8 Å². The normalized spacial score (nSPS) is 15.4. The summed E-state index contributed by atoms with van der Waals surface area (Å²) in [6.45, 7) is 5.58. The molecule has 7 nitrogen and oxygen atoms in total. The Hall–Kier alpha value is -3.06. The first-order chi connectivity index (χ1) is 15.0. The Balaban J connectivity index is 1.32. The maximum absolute atomic E-state index is 12.1. The van der Waals surface area contributed by atoms with Gasteiger partial charge in [-0.05, 0) is 62.6 Å². The summed E-state index contributed by atoms with van der Waals surface area (Å²) in [5, 5.41) is 2.67. The first kappa shape index (κ1) is 22.6. The molecule has 0 aliphatic carbocycles. The van der Waals surface area contributed by atoms with Gasteiger partial charge in [-0.15, -0.1) is 0 Å². The molecule has 1 saturated heterocycles. The molecule has 1 aliphatic heterocycles. The Kier molecular flexibility index (Phi) is 8.29. The average Bonchev–Trinajstić information content (AvgIpc) is 3.29. The van der Waals surface area contributed by atoms with Gasteiger partial charge in [-0.2, -0.15) is 0 Å². The molecule has 3 rings (SSSR count). The van der Waals surface area contributed by atoms with E-state index in [0.717, 1.165) is 30.8 Å². The summed E-state index contributed by atoms with van der Waals surface area (Å²) in [7, 11) is 0. The number of ether oxygens (including phenoxy) is 4. The van der Waals surface area contributed by atoms with E-state index in [4.69, 9.17) is 18.9 Å². The Morgan fingerprint density at radius 3 is 2.61 bits per heavy atom. The average molecular weight is 427 g/mol. The highest BCUT2D eigenvalue weighted by atomic mass is 16.5. The van der Waals surface area contributed by atoms with Crippen molar-refractivity contribution in [1.29, 1.82) is 0 Å². The highest BCUT2D eigenvalue weighted by Crippen LogP contribution is 2.18. The third-order valence-corrected chi connectivity index (χ3v) is 4.90. The summed E-state index contributed by atoms with van der Waals surface area (Å²) in [4.78, 5) is 24.0. The van der Waals surface area contributed by atoms with Gasteiger partial charge in [-0.3, -0.25) is 4.79 Å². The van der Waals surface area contributed by atoms with Gasteiger partial charge in [0, 0.05) is 6.61 Å². The molecule has 1 atom stereocenters. The molecule has 0 saturated carbocycles. The molecule has 0 aromatic heterocycles. The first-order valence-electron chi connectivity index (χ1n) is 10.5. The zero-order valence-electron chi connectivity index (χ0n) is 18.0. The number of amides is 1. The van der Waals surface area contributed by atoms with Crippen molar-refractivity contribution >= 4 is 11.9 Å². The maximum Gasteiger partial charge on any atom is 0.338 e. The van der Waals surface area contributed by atoms with Crippen LogP contribution < -0.4 is 14.8 Å². The molecule has 1 N–H and O–H groups in total. The fourth-order valence-electron chi connectivity index (χ4n) is 3.23. The molecule has 1 fully saturated rings. The molecule has 1 amide bonds. The minimum absolute atomic E-state index is 0.134. The number of carbonyl (C=O) groups excluding carboxylic acids is 2. The standard InChI is InChI=1S/C24H29NO6/c1-17-5-10-22(18(2)14-17)29-13-11-25-23(26)16-31-24(27)19-6-8-20(9-7-19)30-15-21-4-3-12-28-21/h5-10,14,21H,3-4,11-13,15-16H2,1-2H3,(H,25,26)/t21-/m0/s1. The monoisotopic (exact) mass is 427 g/mol. The van der Waals surface area contributed by atoms with Gasteiger partial charge in [0.25, 0.3) is 5.91 Å². The number of hydrogen-bond acceptors (Lipinski definition) is 6. The highest BCUT2D eigenvalue weighted by molar-refractivity contribution is 5.91. The van der Waals surface area contributed by atoms with E-state index in [9.17, 15) is 9.59 Å². The first-order valence-corrected chi connectivity index (χ1v) is 10.5. The van der Waals surface area contributed by atoms with Gasteiger partial charge in [-0.25, -0.2) is 4.79 Å². The van der Waals surface area contributed by atoms with E-state index in [1.165, 1.54) is 5.56 Å². The molecular weight excluding hydrogens is 398 g/mol. The molecule has 0 bridgehead atoms. The Bertz CT molecular complexity index is 874. The fraction of sp³-hybridized carbons (Fsp3) is 0.417. The summed E-state index contributed by atoms with van der Waals surface area (Å²) in [5.41, 5.74) is 2.57. The number of esters is 1. The van der Waals surface area contributed by atoms with Crippen LogP contribution in [-0.2, 0) is 14.3 Å². The molecule has 166 valence electrons. The minimum Gasteiger partial charge on any atom is -0.491 e. The molecule has 1 heterocycles. The van der Waals surface area contributed by atoms with Gasteiger partial charge in [0.2, 0.25) is 0 Å². The van der Waals surface area contributed by atoms with Gasteiger partial charge in [0.1, 0.15) is 24.7 Å². The third kappa shape index (κ3) is 7.29. The Morgan fingerprint density at radius 2 is 1.90 bits per heavy atom. The molecule has 0 spiro atoms. The van der Waals surface area contributed by atoms with E-state index in [0.29, 0.717) is 31.1 Å². The van der Waals surface area contributed by atoms with Gasteiger partial charge < -0.3 is 24.3 Å². The lowest BCUT2D eigenvalue weighted by atomic mass is 10.1. The number of aryl methyl sites for hydroxylation is 2. The summed E-state index contributed by atoms with van der Waals surface area (Å²) in [6.07, 6.45) is 2.20. The predicted octanol–water partition coefficient (Wildman–Crippen LogP) is 3.21. The molecule has 0 unspecified atom stereocenters. The van der Waals surface area contributed by atoms with Crippen molar-refractivity contribution in [1.82, 2.24) is 5.32 Å². The highest BCUT2D eigenvalue weighted by Gasteiger charge is 2.16. The van der Waals surface area contributed by atoms with E-state index in [2.05, 4.69) is 5.32 Å². The SMILES string of the molecule is Cc1ccc(OCCNC(=O)COC(=O)c2ccc(OC[C@@H]3CCCO3)cc2)c(C)c1. The van der Waals surface area contributed by atoms with Gasteiger partial charge in [0.05, 0.1) is 18.2 Å². The molecule has 1 aliphatic rings. The lowest BCUT2D eigenvalue weighted by Crippen LogP contribution is -2.32. The van der Waals surface area contributed by atoms with E-state index in [-0.39, 0.29) is 18.6 Å². The summed E-state index contributed by atoms with van der Waals surface area (Å²) in [5.74, 6) is 0.504. The summed E-state index contributed by atoms with van der Waals surface area (Å²) < 4.78 is 21.9. The van der Waals surface area contributed by atoms with Crippen LogP contribution in [0.3, 0.4) is 0 Å². The smallest absolute Gasteiger partial charge is 0.338 e. The number of rotatable bonds is 10. The molecule has 2 aromatic carbocycles. The van der Waals surface area contributed by atoms with Crippen LogP contribution >= 0.6 is 0 Å². The van der Waals surface area contributed by atoms with Crippen LogP contribution in [-0.4, -0.2) is 51.0 Å². The Labute approximate surface area is 182 Å². The van der Waals surface area contributed by atoms with Crippen molar-refractivity contribution in [2.75, 3.05) is 33.0 Å². The second kappa shape index (κ2) is 11.4. The minimum atomic E-state index is -0.563. The largest absolute Gasteiger partial charge is 0.491 e. The molecule has 31 heavy (non-hydrogen) atoms. The Morgan fingerprint density at radius 1 is 1.10 bits per heavy atom. The van der Waals surface area contributed by atoms with Crippen molar-refractivity contribution < 1.29 is 28.5 Å². The summed E-state index contributed by atoms with van der Waals surface area (Å²) in [6, 6.07) is 12.6. The van der Waals surface area contributed by atoms with E-state index >= 15 is 0 Å². The van der Waals surface area contributed by atoms with Gasteiger partial charge in [-0.1, -0.05) is 17.7 Å². The van der Waals surface area contributed by atoms with Crippen molar-refractivity contribution in [2.24, 2.45) is 0 Å². The predicted molar refractivity (Wildman–Crippen MR) is 116 cm³/mol. The second-order valence-electron chi connectivity index (χ2n) is 7.51. The van der Waals surface area contributed by atoms with Crippen LogP contribution in [0.4, 0.5) is 0 Å².